The Morgan fingerprint density at radius 1 is 1.47 bits per heavy atom. The number of rotatable bonds is 6. The summed E-state index contributed by atoms with van der Waals surface area (Å²) in [6.45, 7) is 0. The molecule has 3 amide bonds. The van der Waals surface area contributed by atoms with Gasteiger partial charge in [0, 0.05) is 9.26 Å². The van der Waals surface area contributed by atoms with E-state index in [9.17, 15) is 9.59 Å². The average Bonchev–Trinajstić information content (AvgIpc) is 2.34. The lowest BCUT2D eigenvalue weighted by Gasteiger charge is -2.16. The third-order valence-electron chi connectivity index (χ3n) is 2.34. The first-order valence-corrected chi connectivity index (χ1v) is 8.11. The topological polar surface area (TPSA) is 84.2 Å². The average molecular weight is 393 g/mol. The van der Waals surface area contributed by atoms with Crippen molar-refractivity contribution in [2.45, 2.75) is 12.5 Å². The van der Waals surface area contributed by atoms with E-state index in [0.29, 0.717) is 12.1 Å². The number of carbonyl (C=O) groups excluding carboxylic acids is 2. The summed E-state index contributed by atoms with van der Waals surface area (Å²) in [7, 11) is 0. The number of urea groups is 1. The summed E-state index contributed by atoms with van der Waals surface area (Å²) in [6, 6.07) is 6.15. The molecule has 0 saturated heterocycles. The zero-order valence-corrected chi connectivity index (χ0v) is 13.5. The van der Waals surface area contributed by atoms with Crippen LogP contribution in [0.3, 0.4) is 0 Å². The number of thioether (sulfide) groups is 1. The smallest absolute Gasteiger partial charge is 0.312 e. The van der Waals surface area contributed by atoms with Crippen molar-refractivity contribution in [2.24, 2.45) is 5.73 Å². The number of anilines is 1. The van der Waals surface area contributed by atoms with Crippen molar-refractivity contribution in [1.82, 2.24) is 5.32 Å². The molecule has 19 heavy (non-hydrogen) atoms. The van der Waals surface area contributed by atoms with Crippen LogP contribution >= 0.6 is 34.4 Å². The van der Waals surface area contributed by atoms with Crippen molar-refractivity contribution < 1.29 is 9.59 Å². The van der Waals surface area contributed by atoms with Gasteiger partial charge in [-0.15, -0.1) is 0 Å². The van der Waals surface area contributed by atoms with E-state index < -0.39 is 12.1 Å². The standard InChI is InChI=1S/C12H16IN3O2S/c1-19-6-5-10(16-12(14)18)11(17)15-9-4-2-3-8(13)7-9/h2-4,7,10H,5-6H2,1H3,(H,15,17)(H3,14,16,18). The molecule has 0 aliphatic heterocycles. The SMILES string of the molecule is CSCCC(NC(N)=O)C(=O)Nc1cccc(I)c1. The highest BCUT2D eigenvalue weighted by Crippen LogP contribution is 2.13. The van der Waals surface area contributed by atoms with Gasteiger partial charge in [-0.2, -0.15) is 11.8 Å². The maximum atomic E-state index is 12.1. The Morgan fingerprint density at radius 2 is 2.21 bits per heavy atom. The molecule has 7 heteroatoms. The number of amides is 3. The second kappa shape index (κ2) is 8.26. The van der Waals surface area contributed by atoms with Gasteiger partial charge in [0.05, 0.1) is 0 Å². The quantitative estimate of drug-likeness (QED) is 0.647. The van der Waals surface area contributed by atoms with Crippen LogP contribution < -0.4 is 16.4 Å². The first kappa shape index (κ1) is 16.1. The maximum Gasteiger partial charge on any atom is 0.312 e. The molecule has 0 bridgehead atoms. The minimum atomic E-state index is -0.691. The number of primary amides is 1. The summed E-state index contributed by atoms with van der Waals surface area (Å²) in [5.41, 5.74) is 5.79. The van der Waals surface area contributed by atoms with Crippen molar-refractivity contribution in [3.8, 4) is 0 Å². The summed E-state index contributed by atoms with van der Waals surface area (Å²) < 4.78 is 1.03. The fraction of sp³-hybridized carbons (Fsp3) is 0.333. The lowest BCUT2D eigenvalue weighted by Crippen LogP contribution is -2.46. The summed E-state index contributed by atoms with van der Waals surface area (Å²) in [5, 5.41) is 5.23. The number of nitrogens with one attached hydrogen (secondary N) is 2. The Labute approximate surface area is 130 Å². The van der Waals surface area contributed by atoms with Crippen molar-refractivity contribution in [2.75, 3.05) is 17.3 Å². The van der Waals surface area contributed by atoms with Crippen LogP contribution in [0, 0.1) is 3.57 Å². The van der Waals surface area contributed by atoms with E-state index in [4.69, 9.17) is 5.73 Å². The van der Waals surface area contributed by atoms with Crippen LogP contribution in [-0.4, -0.2) is 30.0 Å². The van der Waals surface area contributed by atoms with E-state index in [1.165, 1.54) is 0 Å². The highest BCUT2D eigenvalue weighted by atomic mass is 127. The summed E-state index contributed by atoms with van der Waals surface area (Å²) in [6.07, 6.45) is 2.48. The third kappa shape index (κ3) is 6.15. The molecule has 0 heterocycles. The largest absolute Gasteiger partial charge is 0.352 e. The van der Waals surface area contributed by atoms with Gasteiger partial charge in [-0.1, -0.05) is 6.07 Å². The Hall–Kier alpha value is -0.960. The van der Waals surface area contributed by atoms with E-state index in [2.05, 4.69) is 33.2 Å². The minimum absolute atomic E-state index is 0.255. The molecule has 1 atom stereocenters. The van der Waals surface area contributed by atoms with E-state index in [1.807, 2.05) is 24.5 Å². The number of nitrogens with two attached hydrogens (primary N) is 1. The number of hydrogen-bond donors (Lipinski definition) is 3. The van der Waals surface area contributed by atoms with Gasteiger partial charge in [0.2, 0.25) is 5.91 Å². The lowest BCUT2D eigenvalue weighted by molar-refractivity contribution is -0.117. The Balaban J connectivity index is 2.67. The van der Waals surface area contributed by atoms with Gasteiger partial charge in [-0.3, -0.25) is 4.79 Å². The molecule has 1 aromatic carbocycles. The molecule has 0 aliphatic carbocycles. The van der Waals surface area contributed by atoms with E-state index in [1.54, 1.807) is 17.8 Å². The van der Waals surface area contributed by atoms with Crippen LogP contribution in [0.5, 0.6) is 0 Å². The zero-order valence-electron chi connectivity index (χ0n) is 10.5. The van der Waals surface area contributed by atoms with Gasteiger partial charge < -0.3 is 16.4 Å². The first-order valence-electron chi connectivity index (χ1n) is 5.64. The van der Waals surface area contributed by atoms with Crippen LogP contribution in [0.15, 0.2) is 24.3 Å². The van der Waals surface area contributed by atoms with Gasteiger partial charge in [0.25, 0.3) is 0 Å². The maximum absolute atomic E-state index is 12.1. The summed E-state index contributed by atoms with van der Waals surface area (Å²) in [5.74, 6) is 0.514. The minimum Gasteiger partial charge on any atom is -0.352 e. The Morgan fingerprint density at radius 3 is 2.79 bits per heavy atom. The normalized spacial score (nSPS) is 11.7. The number of hydrogen-bond acceptors (Lipinski definition) is 3. The summed E-state index contributed by atoms with van der Waals surface area (Å²) >= 11 is 3.78. The molecule has 104 valence electrons. The highest BCUT2D eigenvalue weighted by Gasteiger charge is 2.19. The Bertz CT molecular complexity index is 456. The first-order chi connectivity index (χ1) is 9.02. The molecular weight excluding hydrogens is 377 g/mol. The molecule has 0 aliphatic rings. The predicted molar refractivity (Wildman–Crippen MR) is 87.3 cm³/mol. The van der Waals surface area contributed by atoms with Crippen molar-refractivity contribution in [3.05, 3.63) is 27.8 Å². The van der Waals surface area contributed by atoms with Crippen LogP contribution in [0.2, 0.25) is 0 Å². The van der Waals surface area contributed by atoms with Gasteiger partial charge in [0.1, 0.15) is 6.04 Å². The van der Waals surface area contributed by atoms with E-state index in [0.717, 1.165) is 9.32 Å². The van der Waals surface area contributed by atoms with Crippen LogP contribution in [-0.2, 0) is 4.79 Å². The summed E-state index contributed by atoms with van der Waals surface area (Å²) in [4.78, 5) is 23.0. The molecule has 0 spiro atoms. The second-order valence-electron chi connectivity index (χ2n) is 3.84. The molecule has 1 rings (SSSR count). The van der Waals surface area contributed by atoms with E-state index in [-0.39, 0.29) is 5.91 Å². The van der Waals surface area contributed by atoms with Crippen LogP contribution in [0.4, 0.5) is 10.5 Å². The Kier molecular flexibility index (Phi) is 7.00. The third-order valence-corrected chi connectivity index (χ3v) is 3.65. The second-order valence-corrected chi connectivity index (χ2v) is 6.07. The van der Waals surface area contributed by atoms with Crippen molar-refractivity contribution in [1.29, 1.82) is 0 Å². The zero-order chi connectivity index (χ0) is 14.3. The van der Waals surface area contributed by atoms with Crippen molar-refractivity contribution >= 4 is 52.0 Å². The monoisotopic (exact) mass is 393 g/mol. The van der Waals surface area contributed by atoms with Gasteiger partial charge in [-0.25, -0.2) is 4.79 Å². The molecule has 0 fully saturated rings. The molecule has 0 radical (unpaired) electrons. The predicted octanol–water partition coefficient (Wildman–Crippen LogP) is 2.02. The molecule has 1 aromatic rings. The molecule has 5 nitrogen and oxygen atoms in total. The molecule has 1 unspecified atom stereocenters. The number of carbonyl (C=O) groups is 2. The van der Waals surface area contributed by atoms with Gasteiger partial charge in [0.15, 0.2) is 0 Å². The highest BCUT2D eigenvalue weighted by molar-refractivity contribution is 14.1. The number of halogens is 1. The molecule has 4 N–H and O–H groups in total. The van der Waals surface area contributed by atoms with E-state index >= 15 is 0 Å². The molecule has 0 aromatic heterocycles. The molecular formula is C12H16IN3O2S. The van der Waals surface area contributed by atoms with Gasteiger partial charge in [-0.05, 0) is 59.2 Å². The fourth-order valence-electron chi connectivity index (χ4n) is 1.47. The molecule has 0 saturated carbocycles. The van der Waals surface area contributed by atoms with Crippen molar-refractivity contribution in [3.63, 3.8) is 0 Å². The van der Waals surface area contributed by atoms with Gasteiger partial charge >= 0.3 is 6.03 Å². The number of benzene rings is 1. The fourth-order valence-corrected chi connectivity index (χ4v) is 2.49. The van der Waals surface area contributed by atoms with Crippen LogP contribution in [0.25, 0.3) is 0 Å². The van der Waals surface area contributed by atoms with Crippen LogP contribution in [0.1, 0.15) is 6.42 Å². The lowest BCUT2D eigenvalue weighted by atomic mass is 10.2.